The Morgan fingerprint density at radius 1 is 1.14 bits per heavy atom. The first-order valence-corrected chi connectivity index (χ1v) is 7.77. The van der Waals surface area contributed by atoms with Gasteiger partial charge in [-0.2, -0.15) is 15.0 Å². The van der Waals surface area contributed by atoms with E-state index in [1.807, 2.05) is 7.05 Å². The molecule has 0 spiro atoms. The third-order valence-electron chi connectivity index (χ3n) is 4.32. The van der Waals surface area contributed by atoms with Crippen LogP contribution in [0.15, 0.2) is 0 Å². The summed E-state index contributed by atoms with van der Waals surface area (Å²) in [5.74, 6) is 2.14. The van der Waals surface area contributed by atoms with Crippen LogP contribution in [-0.4, -0.2) is 61.4 Å². The maximum Gasteiger partial charge on any atom is 0.232 e. The normalized spacial score (nSPS) is 19.8. The van der Waals surface area contributed by atoms with Crippen molar-refractivity contribution in [2.75, 3.05) is 55.5 Å². The van der Waals surface area contributed by atoms with Gasteiger partial charge in [0.15, 0.2) is 0 Å². The standard InChI is InChI=1S/C14H24N6O/c1-15-12-16-13(19(2)11-5-3-4-6-11)18-14(17-12)20-7-9-21-10-8-20/h11H,3-10H2,1-2H3,(H,15,16,17,18). The fourth-order valence-electron chi connectivity index (χ4n) is 2.98. The summed E-state index contributed by atoms with van der Waals surface area (Å²) < 4.78 is 5.40. The molecule has 1 N–H and O–H groups in total. The second kappa shape index (κ2) is 6.43. The number of anilines is 3. The second-order valence-corrected chi connectivity index (χ2v) is 5.66. The number of morpholine rings is 1. The van der Waals surface area contributed by atoms with Crippen molar-refractivity contribution in [2.24, 2.45) is 0 Å². The summed E-state index contributed by atoms with van der Waals surface area (Å²) in [6, 6.07) is 0.551. The molecule has 7 heteroatoms. The lowest BCUT2D eigenvalue weighted by atomic mass is 10.2. The van der Waals surface area contributed by atoms with Crippen molar-refractivity contribution in [1.29, 1.82) is 0 Å². The molecule has 2 fully saturated rings. The number of nitrogens with one attached hydrogen (secondary N) is 1. The van der Waals surface area contributed by atoms with Gasteiger partial charge in [-0.3, -0.25) is 0 Å². The highest BCUT2D eigenvalue weighted by Gasteiger charge is 2.24. The fourth-order valence-corrected chi connectivity index (χ4v) is 2.98. The molecule has 0 radical (unpaired) electrons. The number of aromatic nitrogens is 3. The molecule has 1 aromatic heterocycles. The first-order valence-electron chi connectivity index (χ1n) is 7.77. The highest BCUT2D eigenvalue weighted by Crippen LogP contribution is 2.26. The summed E-state index contributed by atoms with van der Waals surface area (Å²) in [6.45, 7) is 3.13. The van der Waals surface area contributed by atoms with Crippen LogP contribution in [0.4, 0.5) is 17.8 Å². The predicted octanol–water partition coefficient (Wildman–Crippen LogP) is 1.13. The first kappa shape index (κ1) is 14.3. The van der Waals surface area contributed by atoms with E-state index < -0.39 is 0 Å². The van der Waals surface area contributed by atoms with Crippen LogP contribution in [0.5, 0.6) is 0 Å². The van der Waals surface area contributed by atoms with Crippen LogP contribution in [0, 0.1) is 0 Å². The van der Waals surface area contributed by atoms with Crippen LogP contribution in [0.1, 0.15) is 25.7 Å². The highest BCUT2D eigenvalue weighted by atomic mass is 16.5. The molecular formula is C14H24N6O. The topological polar surface area (TPSA) is 66.4 Å². The summed E-state index contributed by atoms with van der Waals surface area (Å²) in [6.07, 6.45) is 5.05. The summed E-state index contributed by atoms with van der Waals surface area (Å²) in [4.78, 5) is 18.1. The molecule has 2 heterocycles. The molecule has 1 aromatic rings. The molecule has 7 nitrogen and oxygen atoms in total. The number of nitrogens with zero attached hydrogens (tertiary/aromatic N) is 5. The van der Waals surface area contributed by atoms with Crippen LogP contribution < -0.4 is 15.1 Å². The lowest BCUT2D eigenvalue weighted by Crippen LogP contribution is -2.38. The van der Waals surface area contributed by atoms with Gasteiger partial charge in [-0.1, -0.05) is 12.8 Å². The number of hydrogen-bond donors (Lipinski definition) is 1. The molecule has 2 aliphatic rings. The molecule has 0 amide bonds. The van der Waals surface area contributed by atoms with Crippen LogP contribution in [-0.2, 0) is 4.74 Å². The summed E-state index contributed by atoms with van der Waals surface area (Å²) in [5.41, 5.74) is 0. The van der Waals surface area contributed by atoms with E-state index in [9.17, 15) is 0 Å². The van der Waals surface area contributed by atoms with Crippen molar-refractivity contribution < 1.29 is 4.74 Å². The summed E-state index contributed by atoms with van der Waals surface area (Å²) >= 11 is 0. The molecule has 1 aliphatic carbocycles. The quantitative estimate of drug-likeness (QED) is 0.892. The van der Waals surface area contributed by atoms with Gasteiger partial charge in [0.1, 0.15) is 0 Å². The Morgan fingerprint density at radius 2 is 1.86 bits per heavy atom. The number of rotatable bonds is 4. The van der Waals surface area contributed by atoms with E-state index in [1.54, 1.807) is 0 Å². The van der Waals surface area contributed by atoms with E-state index in [-0.39, 0.29) is 0 Å². The number of hydrogen-bond acceptors (Lipinski definition) is 7. The molecule has 1 saturated carbocycles. The van der Waals surface area contributed by atoms with Crippen molar-refractivity contribution in [2.45, 2.75) is 31.7 Å². The SMILES string of the molecule is CNc1nc(N2CCOCC2)nc(N(C)C2CCCC2)n1. The smallest absolute Gasteiger partial charge is 0.232 e. The predicted molar refractivity (Wildman–Crippen MR) is 83.1 cm³/mol. The van der Waals surface area contributed by atoms with Crippen LogP contribution in [0.3, 0.4) is 0 Å². The maximum atomic E-state index is 5.40. The van der Waals surface area contributed by atoms with E-state index in [0.29, 0.717) is 12.0 Å². The van der Waals surface area contributed by atoms with Gasteiger partial charge in [-0.15, -0.1) is 0 Å². The molecule has 0 bridgehead atoms. The van der Waals surface area contributed by atoms with Gasteiger partial charge < -0.3 is 19.9 Å². The van der Waals surface area contributed by atoms with Gasteiger partial charge in [0.2, 0.25) is 17.8 Å². The van der Waals surface area contributed by atoms with Gasteiger partial charge >= 0.3 is 0 Å². The van der Waals surface area contributed by atoms with E-state index in [2.05, 4.69) is 37.1 Å². The Morgan fingerprint density at radius 3 is 2.52 bits per heavy atom. The zero-order valence-corrected chi connectivity index (χ0v) is 12.9. The molecular weight excluding hydrogens is 268 g/mol. The Bertz CT molecular complexity index is 471. The molecule has 0 atom stereocenters. The van der Waals surface area contributed by atoms with Crippen LogP contribution >= 0.6 is 0 Å². The van der Waals surface area contributed by atoms with Gasteiger partial charge in [-0.05, 0) is 12.8 Å². The number of ether oxygens (including phenoxy) is 1. The zero-order chi connectivity index (χ0) is 14.7. The molecule has 21 heavy (non-hydrogen) atoms. The third-order valence-corrected chi connectivity index (χ3v) is 4.32. The third kappa shape index (κ3) is 3.18. The van der Waals surface area contributed by atoms with Gasteiger partial charge in [0.25, 0.3) is 0 Å². The van der Waals surface area contributed by atoms with Crippen LogP contribution in [0.25, 0.3) is 0 Å². The van der Waals surface area contributed by atoms with Gasteiger partial charge in [0.05, 0.1) is 13.2 Å². The second-order valence-electron chi connectivity index (χ2n) is 5.66. The Hall–Kier alpha value is -1.63. The average Bonchev–Trinajstić information content (AvgIpc) is 3.09. The molecule has 3 rings (SSSR count). The monoisotopic (exact) mass is 292 g/mol. The molecule has 0 aromatic carbocycles. The Labute approximate surface area is 125 Å². The van der Waals surface area contributed by atoms with Crippen molar-refractivity contribution >= 4 is 17.8 Å². The average molecular weight is 292 g/mol. The van der Waals surface area contributed by atoms with Crippen molar-refractivity contribution in [3.05, 3.63) is 0 Å². The minimum Gasteiger partial charge on any atom is -0.378 e. The highest BCUT2D eigenvalue weighted by molar-refractivity contribution is 5.45. The minimum atomic E-state index is 0.551. The maximum absolute atomic E-state index is 5.40. The first-order chi connectivity index (χ1) is 10.3. The van der Waals surface area contributed by atoms with E-state index >= 15 is 0 Å². The lowest BCUT2D eigenvalue weighted by Gasteiger charge is -2.29. The van der Waals surface area contributed by atoms with E-state index in [4.69, 9.17) is 4.74 Å². The summed E-state index contributed by atoms with van der Waals surface area (Å²) in [7, 11) is 3.94. The van der Waals surface area contributed by atoms with Crippen molar-refractivity contribution in [1.82, 2.24) is 15.0 Å². The Balaban J connectivity index is 1.84. The minimum absolute atomic E-state index is 0.551. The van der Waals surface area contributed by atoms with Crippen molar-refractivity contribution in [3.63, 3.8) is 0 Å². The van der Waals surface area contributed by atoms with E-state index in [1.165, 1.54) is 25.7 Å². The molecule has 1 aliphatic heterocycles. The molecule has 1 saturated heterocycles. The van der Waals surface area contributed by atoms with Crippen molar-refractivity contribution in [3.8, 4) is 0 Å². The zero-order valence-electron chi connectivity index (χ0n) is 12.9. The molecule has 116 valence electrons. The summed E-state index contributed by atoms with van der Waals surface area (Å²) in [5, 5.41) is 3.05. The van der Waals surface area contributed by atoms with E-state index in [0.717, 1.165) is 38.2 Å². The largest absolute Gasteiger partial charge is 0.378 e. The molecule has 0 unspecified atom stereocenters. The Kier molecular flexibility index (Phi) is 4.38. The van der Waals surface area contributed by atoms with Crippen LogP contribution in [0.2, 0.25) is 0 Å². The van der Waals surface area contributed by atoms with Gasteiger partial charge in [-0.25, -0.2) is 0 Å². The van der Waals surface area contributed by atoms with Gasteiger partial charge in [0, 0.05) is 33.2 Å². The fraction of sp³-hybridized carbons (Fsp3) is 0.786. The lowest BCUT2D eigenvalue weighted by molar-refractivity contribution is 0.122.